The minimum atomic E-state index is -0.515. The van der Waals surface area contributed by atoms with E-state index in [1.54, 1.807) is 24.5 Å². The number of hydrogen-bond acceptors (Lipinski definition) is 6. The second kappa shape index (κ2) is 10.4. The predicted molar refractivity (Wildman–Crippen MR) is 136 cm³/mol. The topological polar surface area (TPSA) is 44.7 Å². The highest BCUT2D eigenvalue weighted by Crippen LogP contribution is 2.45. The third-order valence-corrected chi connectivity index (χ3v) is 7.14. The van der Waals surface area contributed by atoms with E-state index in [1.807, 2.05) is 18.2 Å². The van der Waals surface area contributed by atoms with Crippen LogP contribution in [0.15, 0.2) is 60.9 Å². The van der Waals surface area contributed by atoms with E-state index < -0.39 is 5.60 Å². The molecule has 1 saturated heterocycles. The van der Waals surface area contributed by atoms with Crippen LogP contribution in [0.2, 0.25) is 0 Å². The van der Waals surface area contributed by atoms with Crippen molar-refractivity contribution in [2.24, 2.45) is 0 Å². The minimum Gasteiger partial charge on any atom is -0.361 e. The van der Waals surface area contributed by atoms with Gasteiger partial charge >= 0.3 is 0 Å². The molecule has 0 radical (unpaired) electrons. The van der Waals surface area contributed by atoms with E-state index in [4.69, 9.17) is 4.74 Å². The Balaban J connectivity index is 1.30. The molecule has 0 aliphatic carbocycles. The van der Waals surface area contributed by atoms with Crippen LogP contribution in [0.3, 0.4) is 0 Å². The number of piperazine rings is 1. The molecule has 1 aromatic heterocycles. The molecule has 1 atom stereocenters. The summed E-state index contributed by atoms with van der Waals surface area (Å²) in [5.41, 5.74) is 4.29. The van der Waals surface area contributed by atoms with Gasteiger partial charge in [-0.05, 0) is 73.9 Å². The Labute approximate surface area is 207 Å². The molecule has 0 saturated carbocycles. The van der Waals surface area contributed by atoms with Crippen molar-refractivity contribution in [1.82, 2.24) is 19.8 Å². The van der Waals surface area contributed by atoms with Crippen molar-refractivity contribution in [2.45, 2.75) is 31.6 Å². The standard InChI is InChI=1S/C28H34FN5O/c1-32(2)14-3-11-28(24-6-8-25(29)9-7-24)26-10-5-22(19-23(26)21-35-28)20-33-15-17-34(18-16-33)27-30-12-4-13-31-27/h4-10,12-13,19H,3,11,14-18,20-21H2,1-2H3. The highest BCUT2D eigenvalue weighted by molar-refractivity contribution is 5.46. The Morgan fingerprint density at radius 3 is 2.46 bits per heavy atom. The maximum absolute atomic E-state index is 13.7. The van der Waals surface area contributed by atoms with Gasteiger partial charge in [0.2, 0.25) is 5.95 Å². The molecule has 0 N–H and O–H groups in total. The molecule has 7 heteroatoms. The first-order chi connectivity index (χ1) is 17.0. The Bertz CT molecular complexity index is 1120. The van der Waals surface area contributed by atoms with Gasteiger partial charge in [-0.25, -0.2) is 14.4 Å². The SMILES string of the molecule is CN(C)CCCC1(c2ccc(F)cc2)OCc2cc(CN3CCN(c4ncccn4)CC3)ccc21. The number of hydrogen-bond donors (Lipinski definition) is 0. The van der Waals surface area contributed by atoms with E-state index in [1.165, 1.54) is 16.7 Å². The molecule has 0 spiro atoms. The van der Waals surface area contributed by atoms with Crippen LogP contribution in [-0.4, -0.2) is 66.6 Å². The van der Waals surface area contributed by atoms with E-state index in [0.29, 0.717) is 6.61 Å². The number of aromatic nitrogens is 2. The molecule has 2 aliphatic rings. The summed E-state index contributed by atoms with van der Waals surface area (Å²) in [6, 6.07) is 15.5. The summed E-state index contributed by atoms with van der Waals surface area (Å²) in [6.45, 7) is 6.31. The van der Waals surface area contributed by atoms with Crippen LogP contribution >= 0.6 is 0 Å². The molecule has 1 fully saturated rings. The smallest absolute Gasteiger partial charge is 0.225 e. The van der Waals surface area contributed by atoms with E-state index in [9.17, 15) is 4.39 Å². The second-order valence-corrected chi connectivity index (χ2v) is 9.83. The summed E-state index contributed by atoms with van der Waals surface area (Å²) in [7, 11) is 4.18. The Hall–Kier alpha value is -2.87. The third kappa shape index (κ3) is 5.22. The molecule has 6 nitrogen and oxygen atoms in total. The molecule has 1 unspecified atom stereocenters. The van der Waals surface area contributed by atoms with Crippen LogP contribution in [0.5, 0.6) is 0 Å². The van der Waals surface area contributed by atoms with Crippen molar-refractivity contribution in [3.63, 3.8) is 0 Å². The monoisotopic (exact) mass is 475 g/mol. The summed E-state index contributed by atoms with van der Waals surface area (Å²) in [5.74, 6) is 0.595. The fourth-order valence-electron chi connectivity index (χ4n) is 5.31. The third-order valence-electron chi connectivity index (χ3n) is 7.14. The van der Waals surface area contributed by atoms with Crippen LogP contribution < -0.4 is 4.90 Å². The minimum absolute atomic E-state index is 0.218. The molecule has 3 aromatic rings. The quantitative estimate of drug-likeness (QED) is 0.490. The summed E-state index contributed by atoms with van der Waals surface area (Å²) in [6.07, 6.45) is 5.47. The summed E-state index contributed by atoms with van der Waals surface area (Å²) < 4.78 is 20.2. The van der Waals surface area contributed by atoms with Crippen LogP contribution in [0.25, 0.3) is 0 Å². The summed E-state index contributed by atoms with van der Waals surface area (Å²) in [5, 5.41) is 0. The fourth-order valence-corrected chi connectivity index (χ4v) is 5.31. The number of ether oxygens (including phenoxy) is 1. The first-order valence-electron chi connectivity index (χ1n) is 12.4. The van der Waals surface area contributed by atoms with E-state index >= 15 is 0 Å². The lowest BCUT2D eigenvalue weighted by molar-refractivity contribution is -0.0140. The Morgan fingerprint density at radius 1 is 1.00 bits per heavy atom. The average Bonchev–Trinajstić information content (AvgIpc) is 3.24. The van der Waals surface area contributed by atoms with E-state index in [0.717, 1.165) is 63.6 Å². The van der Waals surface area contributed by atoms with Crippen molar-refractivity contribution < 1.29 is 9.13 Å². The molecular formula is C28H34FN5O. The summed E-state index contributed by atoms with van der Waals surface area (Å²) >= 11 is 0. The number of fused-ring (bicyclic) bond motifs is 1. The molecule has 3 heterocycles. The van der Waals surface area contributed by atoms with Crippen molar-refractivity contribution in [3.8, 4) is 0 Å². The number of halogens is 1. The van der Waals surface area contributed by atoms with Crippen LogP contribution in [0.4, 0.5) is 10.3 Å². The molecule has 2 aromatic carbocycles. The van der Waals surface area contributed by atoms with E-state index in [-0.39, 0.29) is 5.82 Å². The fraction of sp³-hybridized carbons (Fsp3) is 0.429. The van der Waals surface area contributed by atoms with Gasteiger partial charge in [-0.1, -0.05) is 30.3 Å². The van der Waals surface area contributed by atoms with Crippen molar-refractivity contribution in [1.29, 1.82) is 0 Å². The van der Waals surface area contributed by atoms with Crippen LogP contribution in [-0.2, 0) is 23.5 Å². The lowest BCUT2D eigenvalue weighted by Gasteiger charge is -2.34. The first-order valence-corrected chi connectivity index (χ1v) is 12.4. The first kappa shape index (κ1) is 23.9. The Morgan fingerprint density at radius 2 is 1.74 bits per heavy atom. The zero-order valence-corrected chi connectivity index (χ0v) is 20.7. The maximum Gasteiger partial charge on any atom is 0.225 e. The zero-order valence-electron chi connectivity index (χ0n) is 20.7. The maximum atomic E-state index is 13.7. The van der Waals surface area contributed by atoms with Crippen LogP contribution in [0, 0.1) is 5.82 Å². The van der Waals surface area contributed by atoms with Crippen molar-refractivity contribution in [3.05, 3.63) is 89.0 Å². The van der Waals surface area contributed by atoms with Gasteiger partial charge in [-0.2, -0.15) is 0 Å². The van der Waals surface area contributed by atoms with Gasteiger partial charge in [-0.15, -0.1) is 0 Å². The second-order valence-electron chi connectivity index (χ2n) is 9.83. The molecule has 0 bridgehead atoms. The Kier molecular flexibility index (Phi) is 7.09. The number of nitrogens with zero attached hydrogens (tertiary/aromatic N) is 5. The van der Waals surface area contributed by atoms with Gasteiger partial charge < -0.3 is 14.5 Å². The highest BCUT2D eigenvalue weighted by atomic mass is 19.1. The number of anilines is 1. The largest absolute Gasteiger partial charge is 0.361 e. The van der Waals surface area contributed by atoms with Crippen molar-refractivity contribution in [2.75, 3.05) is 51.7 Å². The molecule has 184 valence electrons. The van der Waals surface area contributed by atoms with Gasteiger partial charge in [0.05, 0.1) is 6.61 Å². The van der Waals surface area contributed by atoms with Gasteiger partial charge in [0.15, 0.2) is 0 Å². The predicted octanol–water partition coefficient (Wildman–Crippen LogP) is 4.05. The van der Waals surface area contributed by atoms with Gasteiger partial charge in [-0.3, -0.25) is 4.90 Å². The number of benzene rings is 2. The normalized spacial score (nSPS) is 20.4. The molecule has 35 heavy (non-hydrogen) atoms. The molecule has 5 rings (SSSR count). The van der Waals surface area contributed by atoms with E-state index in [2.05, 4.69) is 57.0 Å². The average molecular weight is 476 g/mol. The lowest BCUT2D eigenvalue weighted by atomic mass is 9.81. The van der Waals surface area contributed by atoms with Gasteiger partial charge in [0.25, 0.3) is 0 Å². The highest BCUT2D eigenvalue weighted by Gasteiger charge is 2.41. The van der Waals surface area contributed by atoms with Crippen LogP contribution in [0.1, 0.15) is 35.1 Å². The van der Waals surface area contributed by atoms with Gasteiger partial charge in [0, 0.05) is 45.1 Å². The molecule has 2 aliphatic heterocycles. The molecular weight excluding hydrogens is 441 g/mol. The van der Waals surface area contributed by atoms with Gasteiger partial charge in [0.1, 0.15) is 11.4 Å². The van der Waals surface area contributed by atoms with Crippen molar-refractivity contribution >= 4 is 5.95 Å². The molecule has 0 amide bonds. The number of rotatable bonds is 8. The zero-order chi connectivity index (χ0) is 24.3. The lowest BCUT2D eigenvalue weighted by Crippen LogP contribution is -2.46. The summed E-state index contributed by atoms with van der Waals surface area (Å²) in [4.78, 5) is 15.7.